The topological polar surface area (TPSA) is 81.7 Å². The van der Waals surface area contributed by atoms with Crippen LogP contribution in [-0.4, -0.2) is 40.4 Å². The quantitative estimate of drug-likeness (QED) is 0.774. The minimum Gasteiger partial charge on any atom is -0.378 e. The fraction of sp³-hybridized carbons (Fsp3) is 0.300. The van der Waals surface area contributed by atoms with Crippen LogP contribution in [0.15, 0.2) is 54.6 Å². The summed E-state index contributed by atoms with van der Waals surface area (Å²) in [6, 6.07) is 16.5. The van der Waals surface area contributed by atoms with Gasteiger partial charge in [0.05, 0.1) is 11.4 Å². The first-order chi connectivity index (χ1) is 12.6. The number of fused-ring (bicyclic) bond motifs is 1. The maximum atomic E-state index is 12.6. The zero-order chi connectivity index (χ0) is 18.1. The van der Waals surface area contributed by atoms with Crippen molar-refractivity contribution in [1.82, 2.24) is 4.90 Å². The van der Waals surface area contributed by atoms with E-state index in [9.17, 15) is 14.7 Å². The molecule has 2 aromatic rings. The van der Waals surface area contributed by atoms with Crippen molar-refractivity contribution in [3.8, 4) is 0 Å². The summed E-state index contributed by atoms with van der Waals surface area (Å²) in [5.41, 5.74) is 1.56. The lowest BCUT2D eigenvalue weighted by Gasteiger charge is -2.44. The van der Waals surface area contributed by atoms with Gasteiger partial charge in [-0.3, -0.25) is 9.59 Å². The first kappa shape index (κ1) is 16.6. The number of anilines is 2. The van der Waals surface area contributed by atoms with Crippen molar-refractivity contribution in [2.45, 2.75) is 24.5 Å². The van der Waals surface area contributed by atoms with E-state index in [1.54, 1.807) is 29.2 Å². The number of hydrogen-bond acceptors (Lipinski definition) is 4. The summed E-state index contributed by atoms with van der Waals surface area (Å²) in [6.07, 6.45) is -0.167. The second-order valence-corrected chi connectivity index (χ2v) is 6.85. The van der Waals surface area contributed by atoms with E-state index in [1.165, 1.54) is 0 Å². The van der Waals surface area contributed by atoms with Gasteiger partial charge in [0, 0.05) is 13.1 Å². The Morgan fingerprint density at radius 2 is 1.62 bits per heavy atom. The molecule has 134 valence electrons. The summed E-state index contributed by atoms with van der Waals surface area (Å²) in [5, 5.41) is 16.7. The Morgan fingerprint density at radius 3 is 2.31 bits per heavy atom. The van der Waals surface area contributed by atoms with Crippen LogP contribution in [0.25, 0.3) is 0 Å². The van der Waals surface area contributed by atoms with Gasteiger partial charge in [0.1, 0.15) is 5.54 Å². The fourth-order valence-electron chi connectivity index (χ4n) is 3.67. The van der Waals surface area contributed by atoms with Crippen LogP contribution in [0, 0.1) is 0 Å². The van der Waals surface area contributed by atoms with Gasteiger partial charge in [0.15, 0.2) is 6.10 Å². The number of amides is 2. The Morgan fingerprint density at radius 1 is 1.00 bits per heavy atom. The van der Waals surface area contributed by atoms with E-state index in [0.717, 1.165) is 11.4 Å². The number of carbonyl (C=O) groups excluding carboxylic acids is 2. The largest absolute Gasteiger partial charge is 0.378 e. The molecule has 0 saturated carbocycles. The second-order valence-electron chi connectivity index (χ2n) is 6.85. The van der Waals surface area contributed by atoms with Crippen molar-refractivity contribution in [3.63, 3.8) is 0 Å². The molecule has 2 aliphatic heterocycles. The molecule has 2 amide bonds. The molecule has 1 saturated heterocycles. The molecular formula is C20H21N3O3. The Labute approximate surface area is 151 Å². The molecule has 2 aliphatic rings. The number of aliphatic hydroxyl groups excluding tert-OH is 1. The highest BCUT2D eigenvalue weighted by Gasteiger charge is 2.45. The Kier molecular flexibility index (Phi) is 4.12. The zero-order valence-corrected chi connectivity index (χ0v) is 14.3. The first-order valence-corrected chi connectivity index (χ1v) is 8.80. The Balaban J connectivity index is 1.46. The molecule has 1 spiro atoms. The molecule has 26 heavy (non-hydrogen) atoms. The van der Waals surface area contributed by atoms with Crippen molar-refractivity contribution in [2.24, 2.45) is 0 Å². The lowest BCUT2D eigenvalue weighted by Crippen LogP contribution is -2.59. The van der Waals surface area contributed by atoms with E-state index in [1.807, 2.05) is 30.3 Å². The summed E-state index contributed by atoms with van der Waals surface area (Å²) in [7, 11) is 0. The second kappa shape index (κ2) is 6.46. The SMILES string of the molecule is O=C([C@H](O)c1ccccc1)N1CCC2(CC1)Nc1ccccc1NC2=O. The van der Waals surface area contributed by atoms with E-state index in [4.69, 9.17) is 0 Å². The van der Waals surface area contributed by atoms with Gasteiger partial charge in [0.25, 0.3) is 5.91 Å². The highest BCUT2D eigenvalue weighted by Crippen LogP contribution is 2.36. The number of benzene rings is 2. The van der Waals surface area contributed by atoms with E-state index in [0.29, 0.717) is 31.5 Å². The molecule has 0 unspecified atom stereocenters. The molecule has 0 aliphatic carbocycles. The highest BCUT2D eigenvalue weighted by atomic mass is 16.3. The molecule has 4 rings (SSSR count). The van der Waals surface area contributed by atoms with Gasteiger partial charge in [-0.25, -0.2) is 0 Å². The van der Waals surface area contributed by atoms with Gasteiger partial charge in [0.2, 0.25) is 5.91 Å². The van der Waals surface area contributed by atoms with Gasteiger partial charge >= 0.3 is 0 Å². The third-order valence-corrected chi connectivity index (χ3v) is 5.26. The third-order valence-electron chi connectivity index (χ3n) is 5.26. The number of aliphatic hydroxyl groups is 1. The van der Waals surface area contributed by atoms with Crippen LogP contribution in [0.5, 0.6) is 0 Å². The molecule has 6 heteroatoms. The Bertz CT molecular complexity index is 829. The lowest BCUT2D eigenvalue weighted by molar-refractivity contribution is -0.143. The number of likely N-dealkylation sites (tertiary alicyclic amines) is 1. The number of nitrogens with zero attached hydrogens (tertiary/aromatic N) is 1. The fourth-order valence-corrected chi connectivity index (χ4v) is 3.67. The minimum atomic E-state index is -1.17. The van der Waals surface area contributed by atoms with Crippen molar-refractivity contribution < 1.29 is 14.7 Å². The third kappa shape index (κ3) is 2.82. The number of para-hydroxylation sites is 2. The highest BCUT2D eigenvalue weighted by molar-refractivity contribution is 6.06. The number of hydrogen-bond donors (Lipinski definition) is 3. The number of carbonyl (C=O) groups is 2. The predicted octanol–water partition coefficient (Wildman–Crippen LogP) is 2.15. The number of rotatable bonds is 2. The maximum absolute atomic E-state index is 12.6. The van der Waals surface area contributed by atoms with Crippen LogP contribution in [0.3, 0.4) is 0 Å². The van der Waals surface area contributed by atoms with Crippen LogP contribution in [-0.2, 0) is 9.59 Å². The number of nitrogens with one attached hydrogen (secondary N) is 2. The molecule has 1 atom stereocenters. The average molecular weight is 351 g/mol. The van der Waals surface area contributed by atoms with Crippen molar-refractivity contribution >= 4 is 23.2 Å². The summed E-state index contributed by atoms with van der Waals surface area (Å²) in [6.45, 7) is 0.844. The van der Waals surface area contributed by atoms with Crippen molar-refractivity contribution in [3.05, 3.63) is 60.2 Å². The van der Waals surface area contributed by atoms with Crippen LogP contribution in [0.2, 0.25) is 0 Å². The lowest BCUT2D eigenvalue weighted by atomic mass is 9.84. The van der Waals surface area contributed by atoms with Gasteiger partial charge in [-0.15, -0.1) is 0 Å². The predicted molar refractivity (Wildman–Crippen MR) is 98.6 cm³/mol. The van der Waals surface area contributed by atoms with Gasteiger partial charge in [-0.05, 0) is 30.5 Å². The summed E-state index contributed by atoms with van der Waals surface area (Å²) in [4.78, 5) is 26.9. The molecule has 0 aromatic heterocycles. The molecule has 0 radical (unpaired) electrons. The Hall–Kier alpha value is -2.86. The monoisotopic (exact) mass is 351 g/mol. The zero-order valence-electron chi connectivity index (χ0n) is 14.3. The molecule has 2 aromatic carbocycles. The summed E-state index contributed by atoms with van der Waals surface area (Å²) >= 11 is 0. The summed E-state index contributed by atoms with van der Waals surface area (Å²) < 4.78 is 0. The average Bonchev–Trinajstić information content (AvgIpc) is 2.69. The van der Waals surface area contributed by atoms with Crippen molar-refractivity contribution in [2.75, 3.05) is 23.7 Å². The van der Waals surface area contributed by atoms with Crippen molar-refractivity contribution in [1.29, 1.82) is 0 Å². The summed E-state index contributed by atoms with van der Waals surface area (Å²) in [5.74, 6) is -0.380. The van der Waals surface area contributed by atoms with E-state index >= 15 is 0 Å². The molecule has 0 bridgehead atoms. The van der Waals surface area contributed by atoms with Gasteiger partial charge in [-0.2, -0.15) is 0 Å². The van der Waals surface area contributed by atoms with Crippen LogP contribution >= 0.6 is 0 Å². The molecule has 6 nitrogen and oxygen atoms in total. The van der Waals surface area contributed by atoms with E-state index < -0.39 is 11.6 Å². The maximum Gasteiger partial charge on any atom is 0.256 e. The van der Waals surface area contributed by atoms with E-state index in [2.05, 4.69) is 10.6 Å². The smallest absolute Gasteiger partial charge is 0.256 e. The van der Waals surface area contributed by atoms with Crippen LogP contribution in [0.4, 0.5) is 11.4 Å². The van der Waals surface area contributed by atoms with E-state index in [-0.39, 0.29) is 11.8 Å². The van der Waals surface area contributed by atoms with Gasteiger partial charge in [-0.1, -0.05) is 42.5 Å². The minimum absolute atomic E-state index is 0.0630. The standard InChI is InChI=1S/C20H21N3O3/c24-17(14-6-2-1-3-7-14)18(25)23-12-10-20(11-13-23)19(26)21-15-8-4-5-9-16(15)22-20/h1-9,17,22,24H,10-13H2,(H,21,26)/t17-/m1/s1. The molecule has 2 heterocycles. The molecular weight excluding hydrogens is 330 g/mol. The first-order valence-electron chi connectivity index (χ1n) is 8.80. The molecule has 1 fully saturated rings. The van der Waals surface area contributed by atoms with Crippen LogP contribution in [0.1, 0.15) is 24.5 Å². The van der Waals surface area contributed by atoms with Crippen LogP contribution < -0.4 is 10.6 Å². The number of piperidine rings is 1. The normalized spacial score (nSPS) is 19.3. The molecule has 3 N–H and O–H groups in total. The van der Waals surface area contributed by atoms with Gasteiger partial charge < -0.3 is 20.6 Å².